The largest absolute Gasteiger partial charge is 0.481 e. The van der Waals surface area contributed by atoms with Crippen molar-refractivity contribution >= 4 is 21.7 Å². The molecule has 0 aliphatic carbocycles. The van der Waals surface area contributed by atoms with E-state index in [1.165, 1.54) is 22.8 Å². The number of carboxylic acids is 1. The molecule has 0 bridgehead atoms. The van der Waals surface area contributed by atoms with Gasteiger partial charge in [0.1, 0.15) is 4.90 Å². The van der Waals surface area contributed by atoms with E-state index in [2.05, 4.69) is 4.98 Å². The maximum atomic E-state index is 13.0. The molecule has 1 aromatic carbocycles. The van der Waals surface area contributed by atoms with E-state index in [1.807, 2.05) is 18.2 Å². The molecule has 1 aliphatic rings. The van der Waals surface area contributed by atoms with Crippen LogP contribution in [0.15, 0.2) is 53.7 Å². The van der Waals surface area contributed by atoms with Crippen LogP contribution in [0.3, 0.4) is 0 Å². The molecule has 1 aliphatic heterocycles. The van der Waals surface area contributed by atoms with E-state index in [9.17, 15) is 13.2 Å². The first kappa shape index (κ1) is 16.4. The fraction of sp³-hybridized carbons (Fsp3) is 0.294. The normalized spacial score (nSPS) is 17.3. The Balaban J connectivity index is 1.97. The summed E-state index contributed by atoms with van der Waals surface area (Å²) in [6.45, 7) is 0.279. The third-order valence-corrected chi connectivity index (χ3v) is 5.95. The van der Waals surface area contributed by atoms with E-state index in [-0.39, 0.29) is 23.8 Å². The maximum absolute atomic E-state index is 13.0. The lowest BCUT2D eigenvalue weighted by atomic mass is 9.90. The molecule has 3 rings (SSSR count). The Morgan fingerprint density at radius 3 is 2.75 bits per heavy atom. The summed E-state index contributed by atoms with van der Waals surface area (Å²) in [5.74, 6) is -0.891. The number of sulfonamides is 1. The molecular weight excluding hydrogens is 328 g/mol. The van der Waals surface area contributed by atoms with Gasteiger partial charge in [0.15, 0.2) is 0 Å². The monoisotopic (exact) mass is 346 g/mol. The molecule has 2 aromatic rings. The topological polar surface area (TPSA) is 87.6 Å². The molecule has 126 valence electrons. The van der Waals surface area contributed by atoms with Crippen molar-refractivity contribution in [1.82, 2.24) is 4.98 Å². The van der Waals surface area contributed by atoms with Gasteiger partial charge in [-0.25, -0.2) is 8.42 Å². The molecule has 1 atom stereocenters. The minimum Gasteiger partial charge on any atom is -0.481 e. The van der Waals surface area contributed by atoms with Crippen molar-refractivity contribution in [2.24, 2.45) is 5.92 Å². The number of carboxylic acid groups (broad SMARTS) is 1. The highest BCUT2D eigenvalue weighted by Crippen LogP contribution is 2.35. The molecule has 0 fully saturated rings. The number of anilines is 1. The summed E-state index contributed by atoms with van der Waals surface area (Å²) in [7, 11) is -3.72. The number of aliphatic carboxylic acids is 1. The highest BCUT2D eigenvalue weighted by Gasteiger charge is 2.33. The molecular formula is C17H18N2O4S. The van der Waals surface area contributed by atoms with Gasteiger partial charge in [-0.1, -0.05) is 18.2 Å². The van der Waals surface area contributed by atoms with Crippen molar-refractivity contribution in [1.29, 1.82) is 0 Å². The fourth-order valence-corrected chi connectivity index (χ4v) is 4.55. The molecule has 6 nitrogen and oxygen atoms in total. The van der Waals surface area contributed by atoms with Gasteiger partial charge < -0.3 is 5.11 Å². The van der Waals surface area contributed by atoms with Gasteiger partial charge >= 0.3 is 5.97 Å². The van der Waals surface area contributed by atoms with Gasteiger partial charge in [0.05, 0.1) is 5.69 Å². The van der Waals surface area contributed by atoms with Gasteiger partial charge in [-0.15, -0.1) is 0 Å². The van der Waals surface area contributed by atoms with Crippen LogP contribution in [-0.4, -0.2) is 31.0 Å². The van der Waals surface area contributed by atoms with Crippen LogP contribution in [0.1, 0.15) is 18.4 Å². The Kier molecular flexibility index (Phi) is 4.53. The van der Waals surface area contributed by atoms with Crippen LogP contribution in [0.4, 0.5) is 5.69 Å². The van der Waals surface area contributed by atoms with Crippen molar-refractivity contribution in [3.8, 4) is 0 Å². The van der Waals surface area contributed by atoms with Crippen LogP contribution in [0.2, 0.25) is 0 Å². The SMILES string of the molecule is O=C(O)CCC1Cc2ccccc2N(S(=O)(=O)c2cccnc2)C1. The summed E-state index contributed by atoms with van der Waals surface area (Å²) in [6, 6.07) is 10.5. The van der Waals surface area contributed by atoms with Crippen LogP contribution in [-0.2, 0) is 21.2 Å². The zero-order chi connectivity index (χ0) is 17.2. The van der Waals surface area contributed by atoms with Crippen LogP contribution >= 0.6 is 0 Å². The van der Waals surface area contributed by atoms with E-state index in [4.69, 9.17) is 5.11 Å². The van der Waals surface area contributed by atoms with Crippen LogP contribution in [0, 0.1) is 5.92 Å². The minimum absolute atomic E-state index is 0.0255. The summed E-state index contributed by atoms with van der Waals surface area (Å²) < 4.78 is 27.4. The molecule has 7 heteroatoms. The van der Waals surface area contributed by atoms with Gasteiger partial charge in [0.2, 0.25) is 0 Å². The Morgan fingerprint density at radius 2 is 2.04 bits per heavy atom. The summed E-state index contributed by atoms with van der Waals surface area (Å²) in [6.07, 6.45) is 4.02. The Morgan fingerprint density at radius 1 is 1.25 bits per heavy atom. The van der Waals surface area contributed by atoms with Crippen molar-refractivity contribution in [3.05, 3.63) is 54.4 Å². The molecule has 0 radical (unpaired) electrons. The molecule has 1 unspecified atom stereocenters. The lowest BCUT2D eigenvalue weighted by molar-refractivity contribution is -0.137. The molecule has 1 N–H and O–H groups in total. The number of para-hydroxylation sites is 1. The van der Waals surface area contributed by atoms with E-state index in [0.717, 1.165) is 5.56 Å². The smallest absolute Gasteiger partial charge is 0.303 e. The summed E-state index contributed by atoms with van der Waals surface area (Å²) in [4.78, 5) is 14.9. The van der Waals surface area contributed by atoms with Gasteiger partial charge in [-0.2, -0.15) is 0 Å². The number of hydrogen-bond donors (Lipinski definition) is 1. The number of rotatable bonds is 5. The predicted molar refractivity (Wildman–Crippen MR) is 89.3 cm³/mol. The Hall–Kier alpha value is -2.41. The van der Waals surface area contributed by atoms with E-state index in [1.54, 1.807) is 12.1 Å². The molecule has 24 heavy (non-hydrogen) atoms. The number of fused-ring (bicyclic) bond motifs is 1. The Labute approximate surface area is 140 Å². The van der Waals surface area contributed by atoms with E-state index >= 15 is 0 Å². The first-order valence-corrected chi connectivity index (χ1v) is 9.15. The number of hydrogen-bond acceptors (Lipinski definition) is 4. The second kappa shape index (κ2) is 6.60. The molecule has 0 saturated heterocycles. The van der Waals surface area contributed by atoms with E-state index < -0.39 is 16.0 Å². The average Bonchev–Trinajstić information content (AvgIpc) is 2.60. The number of benzene rings is 1. The van der Waals surface area contributed by atoms with Crippen molar-refractivity contribution in [2.45, 2.75) is 24.2 Å². The van der Waals surface area contributed by atoms with Crippen LogP contribution in [0.5, 0.6) is 0 Å². The second-order valence-electron chi connectivity index (χ2n) is 5.86. The van der Waals surface area contributed by atoms with Gasteiger partial charge in [0, 0.05) is 25.4 Å². The van der Waals surface area contributed by atoms with Gasteiger partial charge in [0.25, 0.3) is 10.0 Å². The molecule has 2 heterocycles. The quantitative estimate of drug-likeness (QED) is 0.898. The molecule has 0 saturated carbocycles. The third-order valence-electron chi connectivity index (χ3n) is 4.18. The standard InChI is InChI=1S/C17H18N2O4S/c20-17(21)8-7-13-10-14-4-1-2-6-16(14)19(12-13)24(22,23)15-5-3-9-18-11-15/h1-6,9,11,13H,7-8,10,12H2,(H,20,21). The lowest BCUT2D eigenvalue weighted by Crippen LogP contribution is -2.40. The van der Waals surface area contributed by atoms with Gasteiger partial charge in [-0.3, -0.25) is 14.1 Å². The molecule has 1 aromatic heterocycles. The number of pyridine rings is 1. The summed E-state index contributed by atoms with van der Waals surface area (Å²) in [5.41, 5.74) is 1.58. The Bertz CT molecular complexity index is 837. The summed E-state index contributed by atoms with van der Waals surface area (Å²) in [5, 5.41) is 8.90. The molecule has 0 spiro atoms. The number of nitrogens with zero attached hydrogens (tertiary/aromatic N) is 2. The average molecular weight is 346 g/mol. The zero-order valence-corrected chi connectivity index (χ0v) is 13.8. The van der Waals surface area contributed by atoms with Gasteiger partial charge in [-0.05, 0) is 42.5 Å². The third kappa shape index (κ3) is 3.26. The van der Waals surface area contributed by atoms with E-state index in [0.29, 0.717) is 18.5 Å². The fourth-order valence-electron chi connectivity index (χ4n) is 3.01. The van der Waals surface area contributed by atoms with Crippen LogP contribution < -0.4 is 4.31 Å². The highest BCUT2D eigenvalue weighted by molar-refractivity contribution is 7.92. The minimum atomic E-state index is -3.72. The zero-order valence-electron chi connectivity index (χ0n) is 13.0. The molecule has 0 amide bonds. The predicted octanol–water partition coefficient (Wildman–Crippen LogP) is 2.31. The van der Waals surface area contributed by atoms with Crippen molar-refractivity contribution in [2.75, 3.05) is 10.8 Å². The summed E-state index contributed by atoms with van der Waals surface area (Å²) >= 11 is 0. The second-order valence-corrected chi connectivity index (χ2v) is 7.72. The van der Waals surface area contributed by atoms with Crippen LogP contribution in [0.25, 0.3) is 0 Å². The van der Waals surface area contributed by atoms with Crippen molar-refractivity contribution < 1.29 is 18.3 Å². The first-order valence-electron chi connectivity index (χ1n) is 7.71. The maximum Gasteiger partial charge on any atom is 0.303 e. The number of aromatic nitrogens is 1. The highest BCUT2D eigenvalue weighted by atomic mass is 32.2. The number of carbonyl (C=O) groups is 1. The first-order chi connectivity index (χ1) is 11.5. The van der Waals surface area contributed by atoms with Crippen molar-refractivity contribution in [3.63, 3.8) is 0 Å². The lowest BCUT2D eigenvalue weighted by Gasteiger charge is -2.35.